The van der Waals surface area contributed by atoms with Gasteiger partial charge in [0.05, 0.1) is 18.0 Å². The minimum atomic E-state index is -3.78. The van der Waals surface area contributed by atoms with Crippen molar-refractivity contribution in [2.45, 2.75) is 25.0 Å². The molecule has 1 aromatic rings. The first-order valence-corrected chi connectivity index (χ1v) is 7.60. The fourth-order valence-electron chi connectivity index (χ4n) is 2.07. The predicted octanol–water partition coefficient (Wildman–Crippen LogP) is 1.30. The van der Waals surface area contributed by atoms with Crippen molar-refractivity contribution < 1.29 is 17.3 Å². The zero-order valence-electron chi connectivity index (χ0n) is 11.4. The predicted molar refractivity (Wildman–Crippen MR) is 71.4 cm³/mol. The molecular formula is C13H19NO4S. The van der Waals surface area contributed by atoms with Crippen molar-refractivity contribution >= 4 is 10.1 Å². The molecule has 6 heteroatoms. The molecule has 2 rings (SSSR count). The first kappa shape index (κ1) is 14.5. The molecule has 0 aromatic heterocycles. The van der Waals surface area contributed by atoms with Crippen LogP contribution in [0.1, 0.15) is 11.1 Å². The van der Waals surface area contributed by atoms with E-state index < -0.39 is 16.4 Å². The topological polar surface area (TPSA) is 55.8 Å². The lowest BCUT2D eigenvalue weighted by Crippen LogP contribution is -2.42. The van der Waals surface area contributed by atoms with Crippen LogP contribution < -0.4 is 0 Å². The standard InChI is InChI=1S/C13H19NO4S/c1-10-4-5-12(11(2)8-10)19(15,16)18-13-9-14(3)6-7-17-13/h4-5,8,13H,6-7,9H2,1-3H3/t13-/m1/s1. The number of likely N-dealkylation sites (N-methyl/N-ethyl adjacent to an activating group) is 1. The molecular weight excluding hydrogens is 266 g/mol. The Morgan fingerprint density at radius 2 is 2.11 bits per heavy atom. The molecule has 1 aliphatic rings. The summed E-state index contributed by atoms with van der Waals surface area (Å²) in [6, 6.07) is 5.16. The first-order chi connectivity index (χ1) is 8.88. The van der Waals surface area contributed by atoms with Crippen LogP contribution in [0, 0.1) is 13.8 Å². The van der Waals surface area contributed by atoms with E-state index >= 15 is 0 Å². The van der Waals surface area contributed by atoms with Crippen molar-refractivity contribution in [3.05, 3.63) is 29.3 Å². The molecule has 1 aliphatic heterocycles. The largest absolute Gasteiger partial charge is 0.349 e. The smallest absolute Gasteiger partial charge is 0.299 e. The molecule has 5 nitrogen and oxygen atoms in total. The van der Waals surface area contributed by atoms with Crippen molar-refractivity contribution in [1.29, 1.82) is 0 Å². The third-order valence-electron chi connectivity index (χ3n) is 3.07. The van der Waals surface area contributed by atoms with Gasteiger partial charge in [0.2, 0.25) is 0 Å². The number of nitrogens with zero attached hydrogens (tertiary/aromatic N) is 1. The lowest BCUT2D eigenvalue weighted by molar-refractivity contribution is -0.122. The summed E-state index contributed by atoms with van der Waals surface area (Å²) in [7, 11) is -1.88. The van der Waals surface area contributed by atoms with Gasteiger partial charge >= 0.3 is 0 Å². The Morgan fingerprint density at radius 3 is 2.74 bits per heavy atom. The van der Waals surface area contributed by atoms with Gasteiger partial charge in [0.15, 0.2) is 6.29 Å². The van der Waals surface area contributed by atoms with Crippen LogP contribution in [0.3, 0.4) is 0 Å². The summed E-state index contributed by atoms with van der Waals surface area (Å²) in [6.45, 7) is 5.39. The number of ether oxygens (including phenoxy) is 1. The van der Waals surface area contributed by atoms with Gasteiger partial charge in [-0.15, -0.1) is 0 Å². The molecule has 0 amide bonds. The van der Waals surface area contributed by atoms with Gasteiger partial charge in [-0.3, -0.25) is 4.90 Å². The normalized spacial score (nSPS) is 21.5. The highest BCUT2D eigenvalue weighted by molar-refractivity contribution is 7.86. The van der Waals surface area contributed by atoms with Gasteiger partial charge in [-0.1, -0.05) is 17.7 Å². The quantitative estimate of drug-likeness (QED) is 0.783. The van der Waals surface area contributed by atoms with Crippen molar-refractivity contribution in [3.8, 4) is 0 Å². The van der Waals surface area contributed by atoms with Crippen LogP contribution in [0.5, 0.6) is 0 Å². The second kappa shape index (κ2) is 5.58. The lowest BCUT2D eigenvalue weighted by atomic mass is 10.2. The van der Waals surface area contributed by atoms with Crippen molar-refractivity contribution in [1.82, 2.24) is 4.90 Å². The van der Waals surface area contributed by atoms with E-state index in [0.717, 1.165) is 12.1 Å². The Bertz CT molecular complexity index is 556. The van der Waals surface area contributed by atoms with Gasteiger partial charge in [-0.25, -0.2) is 4.18 Å². The molecule has 106 valence electrons. The highest BCUT2D eigenvalue weighted by Crippen LogP contribution is 2.21. The third kappa shape index (κ3) is 3.54. The fourth-order valence-corrected chi connectivity index (χ4v) is 3.26. The maximum Gasteiger partial charge on any atom is 0.299 e. The summed E-state index contributed by atoms with van der Waals surface area (Å²) >= 11 is 0. The molecule has 0 aliphatic carbocycles. The van der Waals surface area contributed by atoms with Gasteiger partial charge in [0, 0.05) is 6.54 Å². The van der Waals surface area contributed by atoms with E-state index in [-0.39, 0.29) is 4.90 Å². The molecule has 19 heavy (non-hydrogen) atoms. The average molecular weight is 285 g/mol. The Labute approximate surface area is 114 Å². The Kier molecular flexibility index (Phi) is 4.25. The Balaban J connectivity index is 2.18. The SMILES string of the molecule is Cc1ccc(S(=O)(=O)O[C@@H]2CN(C)CCO2)c(C)c1. The van der Waals surface area contributed by atoms with E-state index in [2.05, 4.69) is 0 Å². The lowest BCUT2D eigenvalue weighted by Gasteiger charge is -2.29. The molecule has 1 aromatic carbocycles. The second-order valence-electron chi connectivity index (χ2n) is 4.88. The highest BCUT2D eigenvalue weighted by atomic mass is 32.2. The molecule has 1 saturated heterocycles. The molecule has 0 radical (unpaired) electrons. The number of rotatable bonds is 3. The minimum absolute atomic E-state index is 0.204. The summed E-state index contributed by atoms with van der Waals surface area (Å²) in [5, 5.41) is 0. The molecule has 1 fully saturated rings. The molecule has 0 saturated carbocycles. The van der Waals surface area contributed by atoms with Gasteiger partial charge in [0.25, 0.3) is 10.1 Å². The monoisotopic (exact) mass is 285 g/mol. The second-order valence-corrected chi connectivity index (χ2v) is 6.42. The van der Waals surface area contributed by atoms with E-state index in [1.54, 1.807) is 19.1 Å². The number of hydrogen-bond acceptors (Lipinski definition) is 5. The highest BCUT2D eigenvalue weighted by Gasteiger charge is 2.27. The molecule has 0 unspecified atom stereocenters. The fraction of sp³-hybridized carbons (Fsp3) is 0.538. The Hall–Kier alpha value is -0.950. The van der Waals surface area contributed by atoms with Crippen LogP contribution in [0.4, 0.5) is 0 Å². The molecule has 1 atom stereocenters. The zero-order valence-corrected chi connectivity index (χ0v) is 12.2. The maximum atomic E-state index is 12.2. The van der Waals surface area contributed by atoms with E-state index in [9.17, 15) is 8.42 Å². The molecule has 0 bridgehead atoms. The molecule has 1 heterocycles. The van der Waals surface area contributed by atoms with Crippen molar-refractivity contribution in [2.24, 2.45) is 0 Å². The zero-order chi connectivity index (χ0) is 14.0. The van der Waals surface area contributed by atoms with E-state index in [1.807, 2.05) is 24.9 Å². The summed E-state index contributed by atoms with van der Waals surface area (Å²) in [6.07, 6.45) is -0.732. The van der Waals surface area contributed by atoms with Crippen LogP contribution in [-0.4, -0.2) is 46.4 Å². The Morgan fingerprint density at radius 1 is 1.37 bits per heavy atom. The van der Waals surface area contributed by atoms with E-state index in [1.165, 1.54) is 0 Å². The van der Waals surface area contributed by atoms with Crippen LogP contribution in [0.15, 0.2) is 23.1 Å². The molecule has 0 N–H and O–H groups in total. The van der Waals surface area contributed by atoms with Crippen LogP contribution in [-0.2, 0) is 19.0 Å². The van der Waals surface area contributed by atoms with Crippen molar-refractivity contribution in [3.63, 3.8) is 0 Å². The van der Waals surface area contributed by atoms with E-state index in [0.29, 0.717) is 18.7 Å². The number of hydrogen-bond donors (Lipinski definition) is 0. The maximum absolute atomic E-state index is 12.2. The number of aryl methyl sites for hydroxylation is 2. The average Bonchev–Trinajstić information content (AvgIpc) is 2.27. The van der Waals surface area contributed by atoms with Gasteiger partial charge in [-0.2, -0.15) is 8.42 Å². The molecule has 0 spiro atoms. The van der Waals surface area contributed by atoms with Crippen molar-refractivity contribution in [2.75, 3.05) is 26.7 Å². The van der Waals surface area contributed by atoms with Crippen LogP contribution >= 0.6 is 0 Å². The minimum Gasteiger partial charge on any atom is -0.349 e. The van der Waals surface area contributed by atoms with Gasteiger partial charge in [0.1, 0.15) is 0 Å². The van der Waals surface area contributed by atoms with Gasteiger partial charge < -0.3 is 4.74 Å². The summed E-state index contributed by atoms with van der Waals surface area (Å²) in [5.41, 5.74) is 1.70. The summed E-state index contributed by atoms with van der Waals surface area (Å²) in [5.74, 6) is 0. The third-order valence-corrected chi connectivity index (χ3v) is 4.54. The van der Waals surface area contributed by atoms with Crippen LogP contribution in [0.25, 0.3) is 0 Å². The first-order valence-electron chi connectivity index (χ1n) is 6.19. The number of benzene rings is 1. The van der Waals surface area contributed by atoms with E-state index in [4.69, 9.17) is 8.92 Å². The van der Waals surface area contributed by atoms with Crippen LogP contribution in [0.2, 0.25) is 0 Å². The number of morpholine rings is 1. The summed E-state index contributed by atoms with van der Waals surface area (Å²) < 4.78 is 34.9. The van der Waals surface area contributed by atoms with Gasteiger partial charge in [-0.05, 0) is 32.5 Å². The summed E-state index contributed by atoms with van der Waals surface area (Å²) in [4.78, 5) is 2.18.